The first-order valence-corrected chi connectivity index (χ1v) is 18.8. The van der Waals surface area contributed by atoms with Crippen molar-refractivity contribution >= 4 is 87.2 Å². The molecule has 0 N–H and O–H groups in total. The molecule has 0 saturated carbocycles. The van der Waals surface area contributed by atoms with Crippen LogP contribution in [0.25, 0.3) is 52.8 Å². The minimum atomic E-state index is 1.13. The Bertz CT molecular complexity index is 2890. The molecule has 0 bridgehead atoms. The molecule has 10 rings (SSSR count). The van der Waals surface area contributed by atoms with Crippen molar-refractivity contribution in [3.63, 3.8) is 0 Å². The molecule has 10 aromatic rings. The number of rotatable bonds is 7. The lowest BCUT2D eigenvalue weighted by Gasteiger charge is -2.26. The molecule has 0 saturated heterocycles. The zero-order valence-corrected chi connectivity index (χ0v) is 29.7. The lowest BCUT2D eigenvalue weighted by molar-refractivity contribution is 1.29. The molecule has 1 aromatic heterocycles. The number of anilines is 6. The van der Waals surface area contributed by atoms with Gasteiger partial charge in [0, 0.05) is 54.3 Å². The molecule has 0 aliphatic carbocycles. The predicted octanol–water partition coefficient (Wildman–Crippen LogP) is 15.0. The van der Waals surface area contributed by atoms with E-state index in [1.165, 1.54) is 52.8 Å². The molecule has 0 amide bonds. The average molecular weight is 695 g/mol. The minimum absolute atomic E-state index is 1.13. The summed E-state index contributed by atoms with van der Waals surface area (Å²) in [5.74, 6) is 0. The second kappa shape index (κ2) is 13.1. The van der Waals surface area contributed by atoms with Gasteiger partial charge in [0.2, 0.25) is 0 Å². The van der Waals surface area contributed by atoms with Crippen LogP contribution >= 0.6 is 11.3 Å². The van der Waals surface area contributed by atoms with Crippen molar-refractivity contribution in [1.29, 1.82) is 0 Å². The van der Waals surface area contributed by atoms with Crippen molar-refractivity contribution in [2.45, 2.75) is 0 Å². The van der Waals surface area contributed by atoms with Crippen molar-refractivity contribution in [3.05, 3.63) is 206 Å². The standard InChI is InChI=1S/C50H34N2S/c1-3-15-41(16-4-1)51(44-26-21-35-11-7-9-13-38(35)31-44)43-24-19-37(20-25-43)40-23-29-47-48-30-28-46(34-50(48)53-49(47)33-40)52(42-17-5-2-6-18-42)45-27-22-36-12-8-10-14-39(36)32-45/h1-34H. The first-order chi connectivity index (χ1) is 26.2. The van der Waals surface area contributed by atoms with Crippen molar-refractivity contribution in [2.24, 2.45) is 0 Å². The third-order valence-corrected chi connectivity index (χ3v) is 11.3. The van der Waals surface area contributed by atoms with Gasteiger partial charge in [-0.1, -0.05) is 127 Å². The Kier molecular flexibility index (Phi) is 7.71. The summed E-state index contributed by atoms with van der Waals surface area (Å²) in [7, 11) is 0. The van der Waals surface area contributed by atoms with E-state index >= 15 is 0 Å². The molecule has 0 spiro atoms. The van der Waals surface area contributed by atoms with Crippen molar-refractivity contribution in [3.8, 4) is 11.1 Å². The highest BCUT2D eigenvalue weighted by molar-refractivity contribution is 7.25. The Hall–Kier alpha value is -6.68. The summed E-state index contributed by atoms with van der Waals surface area (Å²) in [6, 6.07) is 74.6. The predicted molar refractivity (Wildman–Crippen MR) is 229 cm³/mol. The average Bonchev–Trinajstić information content (AvgIpc) is 3.59. The topological polar surface area (TPSA) is 6.48 Å². The van der Waals surface area contributed by atoms with Crippen molar-refractivity contribution < 1.29 is 0 Å². The Morgan fingerprint density at radius 2 is 0.660 bits per heavy atom. The summed E-state index contributed by atoms with van der Waals surface area (Å²) < 4.78 is 2.57. The lowest BCUT2D eigenvalue weighted by atomic mass is 10.0. The number of fused-ring (bicyclic) bond motifs is 5. The van der Waals surface area contributed by atoms with Gasteiger partial charge in [-0.25, -0.2) is 0 Å². The maximum absolute atomic E-state index is 2.36. The van der Waals surface area contributed by atoms with Gasteiger partial charge in [-0.2, -0.15) is 0 Å². The highest BCUT2D eigenvalue weighted by Crippen LogP contribution is 2.43. The normalized spacial score (nSPS) is 11.4. The van der Waals surface area contributed by atoms with Gasteiger partial charge in [0.25, 0.3) is 0 Å². The van der Waals surface area contributed by atoms with Gasteiger partial charge < -0.3 is 9.80 Å². The third kappa shape index (κ3) is 5.78. The van der Waals surface area contributed by atoms with Gasteiger partial charge in [-0.3, -0.25) is 0 Å². The monoisotopic (exact) mass is 694 g/mol. The van der Waals surface area contributed by atoms with Crippen molar-refractivity contribution in [2.75, 3.05) is 9.80 Å². The summed E-state index contributed by atoms with van der Waals surface area (Å²) in [6.07, 6.45) is 0. The summed E-state index contributed by atoms with van der Waals surface area (Å²) in [4.78, 5) is 4.69. The molecule has 3 heteroatoms. The highest BCUT2D eigenvalue weighted by Gasteiger charge is 2.17. The Morgan fingerprint density at radius 1 is 0.264 bits per heavy atom. The van der Waals surface area contributed by atoms with E-state index in [9.17, 15) is 0 Å². The van der Waals surface area contributed by atoms with Crippen LogP contribution in [0, 0.1) is 0 Å². The largest absolute Gasteiger partial charge is 0.310 e. The van der Waals surface area contributed by atoms with Crippen LogP contribution in [0.2, 0.25) is 0 Å². The first-order valence-electron chi connectivity index (χ1n) is 18.0. The molecular weight excluding hydrogens is 661 g/mol. The van der Waals surface area contributed by atoms with E-state index in [4.69, 9.17) is 0 Å². The molecule has 53 heavy (non-hydrogen) atoms. The molecule has 0 aliphatic heterocycles. The van der Waals surface area contributed by atoms with Gasteiger partial charge >= 0.3 is 0 Å². The lowest BCUT2D eigenvalue weighted by Crippen LogP contribution is -2.09. The fourth-order valence-electron chi connectivity index (χ4n) is 7.57. The molecule has 0 fully saturated rings. The van der Waals surface area contributed by atoms with Crippen LogP contribution in [0.4, 0.5) is 34.1 Å². The molecule has 1 heterocycles. The van der Waals surface area contributed by atoms with Crippen LogP contribution in [0.15, 0.2) is 206 Å². The quantitative estimate of drug-likeness (QED) is 0.164. The number of nitrogens with zero attached hydrogens (tertiary/aromatic N) is 2. The molecule has 2 nitrogen and oxygen atoms in total. The Balaban J connectivity index is 1.01. The smallest absolute Gasteiger partial charge is 0.0476 e. The Morgan fingerprint density at radius 3 is 1.25 bits per heavy atom. The zero-order chi connectivity index (χ0) is 35.1. The third-order valence-electron chi connectivity index (χ3n) is 10.2. The molecular formula is C50H34N2S. The van der Waals surface area contributed by atoms with Crippen LogP contribution in [0.1, 0.15) is 0 Å². The fraction of sp³-hybridized carbons (Fsp3) is 0. The zero-order valence-electron chi connectivity index (χ0n) is 28.9. The van der Waals surface area contributed by atoms with E-state index in [0.29, 0.717) is 0 Å². The van der Waals surface area contributed by atoms with Crippen LogP contribution in [-0.4, -0.2) is 0 Å². The van der Waals surface area contributed by atoms with Gasteiger partial charge in [0.15, 0.2) is 0 Å². The molecule has 0 unspecified atom stereocenters. The second-order valence-electron chi connectivity index (χ2n) is 13.4. The first kappa shape index (κ1) is 31.1. The molecule has 0 atom stereocenters. The van der Waals surface area contributed by atoms with Gasteiger partial charge in [0.05, 0.1) is 0 Å². The summed E-state index contributed by atoms with van der Waals surface area (Å²) in [5, 5.41) is 7.53. The Labute approximate surface area is 313 Å². The summed E-state index contributed by atoms with van der Waals surface area (Å²) in [5.41, 5.74) is 9.25. The van der Waals surface area contributed by atoms with E-state index in [1.54, 1.807) is 0 Å². The van der Waals surface area contributed by atoms with Crippen LogP contribution in [0.5, 0.6) is 0 Å². The van der Waals surface area contributed by atoms with E-state index < -0.39 is 0 Å². The van der Waals surface area contributed by atoms with E-state index in [-0.39, 0.29) is 0 Å². The van der Waals surface area contributed by atoms with E-state index in [0.717, 1.165) is 34.1 Å². The SMILES string of the molecule is c1ccc(N(c2ccc(-c3ccc4c(c3)sc3cc(N(c5ccccc5)c5ccc6ccccc6c5)ccc34)cc2)c2ccc3ccccc3c2)cc1. The number of benzene rings is 9. The van der Waals surface area contributed by atoms with Gasteiger partial charge in [0.1, 0.15) is 0 Å². The van der Waals surface area contributed by atoms with Gasteiger partial charge in [-0.15, -0.1) is 11.3 Å². The second-order valence-corrected chi connectivity index (χ2v) is 14.5. The van der Waals surface area contributed by atoms with E-state index in [2.05, 4.69) is 216 Å². The van der Waals surface area contributed by atoms with Crippen LogP contribution < -0.4 is 9.80 Å². The number of thiophene rings is 1. The molecule has 250 valence electrons. The van der Waals surface area contributed by atoms with Gasteiger partial charge in [-0.05, 0) is 112 Å². The number of hydrogen-bond acceptors (Lipinski definition) is 3. The van der Waals surface area contributed by atoms with E-state index in [1.807, 2.05) is 11.3 Å². The summed E-state index contributed by atoms with van der Waals surface area (Å²) in [6.45, 7) is 0. The summed E-state index contributed by atoms with van der Waals surface area (Å²) >= 11 is 1.86. The minimum Gasteiger partial charge on any atom is -0.310 e. The van der Waals surface area contributed by atoms with Crippen LogP contribution in [0.3, 0.4) is 0 Å². The molecule has 0 aliphatic rings. The van der Waals surface area contributed by atoms with Crippen LogP contribution in [-0.2, 0) is 0 Å². The molecule has 0 radical (unpaired) electrons. The number of hydrogen-bond donors (Lipinski definition) is 0. The fourth-order valence-corrected chi connectivity index (χ4v) is 8.75. The maximum Gasteiger partial charge on any atom is 0.0476 e. The molecule has 9 aromatic carbocycles. The number of para-hydroxylation sites is 2. The van der Waals surface area contributed by atoms with Crippen molar-refractivity contribution in [1.82, 2.24) is 0 Å². The maximum atomic E-state index is 2.36. The highest BCUT2D eigenvalue weighted by atomic mass is 32.1.